The predicted molar refractivity (Wildman–Crippen MR) is 65.0 cm³/mol. The Hall–Kier alpha value is -1.81. The zero-order chi connectivity index (χ0) is 12.6. The molecule has 2 amide bonds. The molecular formula is C12H10ClNO3. The molecule has 0 radical (unpaired) electrons. The van der Waals surface area contributed by atoms with Gasteiger partial charge in [-0.1, -0.05) is 24.2 Å². The van der Waals surface area contributed by atoms with Crippen LogP contribution in [-0.2, 0) is 9.53 Å². The fraction of sp³-hybridized carbons (Fsp3) is 0.167. The molecule has 0 saturated heterocycles. The highest BCUT2D eigenvalue weighted by molar-refractivity contribution is 6.39. The third-order valence-electron chi connectivity index (χ3n) is 2.44. The maximum atomic E-state index is 11.9. The van der Waals surface area contributed by atoms with Crippen LogP contribution < -0.4 is 4.90 Å². The van der Waals surface area contributed by atoms with Crippen molar-refractivity contribution >= 4 is 34.9 Å². The molecule has 0 bridgehead atoms. The fourth-order valence-corrected chi connectivity index (χ4v) is 1.84. The number of halogens is 1. The highest BCUT2D eigenvalue weighted by Crippen LogP contribution is 2.37. The first-order valence-corrected chi connectivity index (χ1v) is 5.44. The topological polar surface area (TPSA) is 46.6 Å². The smallest absolute Gasteiger partial charge is 0.421 e. The molecule has 1 aromatic carbocycles. The molecule has 4 nitrogen and oxygen atoms in total. The highest BCUT2D eigenvalue weighted by Gasteiger charge is 2.36. The van der Waals surface area contributed by atoms with E-state index in [4.69, 9.17) is 16.3 Å². The van der Waals surface area contributed by atoms with Crippen LogP contribution in [0.3, 0.4) is 0 Å². The van der Waals surface area contributed by atoms with E-state index in [9.17, 15) is 9.59 Å². The van der Waals surface area contributed by atoms with Gasteiger partial charge >= 0.3 is 6.09 Å². The third-order valence-corrected chi connectivity index (χ3v) is 2.67. The second-order valence-corrected chi connectivity index (χ2v) is 3.92. The number of anilines is 1. The summed E-state index contributed by atoms with van der Waals surface area (Å²) in [5.41, 5.74) is 1.29. The first kappa shape index (κ1) is 11.7. The molecule has 1 aromatic rings. The van der Waals surface area contributed by atoms with Crippen LogP contribution in [0.4, 0.5) is 10.5 Å². The number of carbonyl (C=O) groups excluding carboxylic acids is 2. The molecule has 0 unspecified atom stereocenters. The quantitative estimate of drug-likeness (QED) is 0.721. The number of ether oxygens (including phenoxy) is 1. The van der Waals surface area contributed by atoms with Gasteiger partial charge in [-0.2, -0.15) is 0 Å². The molecule has 88 valence electrons. The Morgan fingerprint density at radius 2 is 2.24 bits per heavy atom. The predicted octanol–water partition coefficient (Wildman–Crippen LogP) is 2.86. The fourth-order valence-electron chi connectivity index (χ4n) is 1.67. The number of hydrogen-bond donors (Lipinski definition) is 0. The minimum Gasteiger partial charge on any atom is -0.449 e. The van der Waals surface area contributed by atoms with Gasteiger partial charge in [0, 0.05) is 16.2 Å². The SMILES string of the molecule is C=C1C(=O)N(C(=O)OCC)c2cc(Cl)ccc21. The Morgan fingerprint density at radius 1 is 1.53 bits per heavy atom. The summed E-state index contributed by atoms with van der Waals surface area (Å²) in [5.74, 6) is -0.472. The van der Waals surface area contributed by atoms with Crippen molar-refractivity contribution in [3.63, 3.8) is 0 Å². The maximum Gasteiger partial charge on any atom is 0.421 e. The summed E-state index contributed by atoms with van der Waals surface area (Å²) in [6.07, 6.45) is -0.709. The zero-order valence-electron chi connectivity index (χ0n) is 9.20. The number of amides is 2. The van der Waals surface area contributed by atoms with Crippen LogP contribution in [0.2, 0.25) is 5.02 Å². The molecule has 1 aliphatic rings. The van der Waals surface area contributed by atoms with Gasteiger partial charge in [0.25, 0.3) is 5.91 Å². The first-order valence-electron chi connectivity index (χ1n) is 5.06. The highest BCUT2D eigenvalue weighted by atomic mass is 35.5. The Kier molecular flexibility index (Phi) is 2.90. The molecule has 17 heavy (non-hydrogen) atoms. The van der Waals surface area contributed by atoms with Crippen LogP contribution in [0.1, 0.15) is 12.5 Å². The van der Waals surface area contributed by atoms with Gasteiger partial charge < -0.3 is 4.74 Å². The summed E-state index contributed by atoms with van der Waals surface area (Å²) in [6, 6.07) is 4.86. The Bertz CT molecular complexity index is 524. The van der Waals surface area contributed by atoms with E-state index in [-0.39, 0.29) is 12.2 Å². The molecular weight excluding hydrogens is 242 g/mol. The number of nitrogens with zero attached hydrogens (tertiary/aromatic N) is 1. The molecule has 0 saturated carbocycles. The third kappa shape index (κ3) is 1.80. The van der Waals surface area contributed by atoms with E-state index < -0.39 is 12.0 Å². The number of fused-ring (bicyclic) bond motifs is 1. The molecule has 0 aliphatic carbocycles. The summed E-state index contributed by atoms with van der Waals surface area (Å²) in [6.45, 7) is 5.53. The number of carbonyl (C=O) groups is 2. The van der Waals surface area contributed by atoms with Crippen LogP contribution in [0.5, 0.6) is 0 Å². The van der Waals surface area contributed by atoms with Crippen LogP contribution in [0.15, 0.2) is 24.8 Å². The van der Waals surface area contributed by atoms with Gasteiger partial charge in [-0.05, 0) is 19.1 Å². The lowest BCUT2D eigenvalue weighted by atomic mass is 10.1. The lowest BCUT2D eigenvalue weighted by Crippen LogP contribution is -2.33. The first-order chi connectivity index (χ1) is 8.06. The van der Waals surface area contributed by atoms with E-state index in [0.717, 1.165) is 4.90 Å². The molecule has 0 atom stereocenters. The van der Waals surface area contributed by atoms with E-state index in [1.165, 1.54) is 0 Å². The minimum atomic E-state index is -0.709. The summed E-state index contributed by atoms with van der Waals surface area (Å²) < 4.78 is 4.82. The average Bonchev–Trinajstić information content (AvgIpc) is 2.51. The van der Waals surface area contributed by atoms with E-state index in [0.29, 0.717) is 16.3 Å². The normalized spacial score (nSPS) is 13.9. The lowest BCUT2D eigenvalue weighted by molar-refractivity contribution is -0.112. The Balaban J connectivity index is 2.50. The van der Waals surface area contributed by atoms with Crippen LogP contribution in [0.25, 0.3) is 5.57 Å². The minimum absolute atomic E-state index is 0.199. The summed E-state index contributed by atoms with van der Waals surface area (Å²) in [4.78, 5) is 24.5. The van der Waals surface area contributed by atoms with Crippen molar-refractivity contribution in [3.05, 3.63) is 35.4 Å². The van der Waals surface area contributed by atoms with Crippen molar-refractivity contribution in [1.82, 2.24) is 0 Å². The maximum absolute atomic E-state index is 11.9. The second kappa shape index (κ2) is 4.22. The lowest BCUT2D eigenvalue weighted by Gasteiger charge is -2.14. The van der Waals surface area contributed by atoms with Gasteiger partial charge in [0.05, 0.1) is 12.3 Å². The molecule has 1 heterocycles. The standard InChI is InChI=1S/C12H10ClNO3/c1-3-17-12(16)14-10-6-8(13)4-5-9(10)7(2)11(14)15/h4-6H,2-3H2,1H3. The van der Waals surface area contributed by atoms with Gasteiger partial charge in [-0.15, -0.1) is 0 Å². The summed E-state index contributed by atoms with van der Waals surface area (Å²) in [5, 5.41) is 0.445. The van der Waals surface area contributed by atoms with Gasteiger partial charge in [0.2, 0.25) is 0 Å². The van der Waals surface area contributed by atoms with Gasteiger partial charge in [-0.3, -0.25) is 4.79 Å². The molecule has 0 spiro atoms. The zero-order valence-corrected chi connectivity index (χ0v) is 9.95. The molecule has 0 N–H and O–H groups in total. The van der Waals surface area contributed by atoms with Crippen molar-refractivity contribution in [3.8, 4) is 0 Å². The number of rotatable bonds is 1. The van der Waals surface area contributed by atoms with E-state index in [1.807, 2.05) is 0 Å². The Labute approximate surface area is 103 Å². The van der Waals surface area contributed by atoms with Crippen LogP contribution in [-0.4, -0.2) is 18.6 Å². The number of hydrogen-bond acceptors (Lipinski definition) is 3. The Morgan fingerprint density at radius 3 is 2.88 bits per heavy atom. The molecule has 2 rings (SSSR count). The number of benzene rings is 1. The molecule has 1 aliphatic heterocycles. The average molecular weight is 252 g/mol. The van der Waals surface area contributed by atoms with E-state index in [2.05, 4.69) is 6.58 Å². The second-order valence-electron chi connectivity index (χ2n) is 3.48. The van der Waals surface area contributed by atoms with Crippen molar-refractivity contribution in [2.75, 3.05) is 11.5 Å². The van der Waals surface area contributed by atoms with Gasteiger partial charge in [-0.25, -0.2) is 9.69 Å². The number of imide groups is 1. The van der Waals surface area contributed by atoms with E-state index >= 15 is 0 Å². The molecule has 0 aromatic heterocycles. The van der Waals surface area contributed by atoms with Gasteiger partial charge in [0.1, 0.15) is 0 Å². The van der Waals surface area contributed by atoms with Crippen molar-refractivity contribution in [1.29, 1.82) is 0 Å². The van der Waals surface area contributed by atoms with Crippen LogP contribution >= 0.6 is 11.6 Å². The van der Waals surface area contributed by atoms with Crippen molar-refractivity contribution < 1.29 is 14.3 Å². The molecule has 5 heteroatoms. The van der Waals surface area contributed by atoms with Crippen molar-refractivity contribution in [2.24, 2.45) is 0 Å². The largest absolute Gasteiger partial charge is 0.449 e. The summed E-state index contributed by atoms with van der Waals surface area (Å²) in [7, 11) is 0. The molecule has 0 fully saturated rings. The summed E-state index contributed by atoms with van der Waals surface area (Å²) >= 11 is 5.85. The monoisotopic (exact) mass is 251 g/mol. The van der Waals surface area contributed by atoms with Crippen LogP contribution in [0, 0.1) is 0 Å². The van der Waals surface area contributed by atoms with Crippen molar-refractivity contribution in [2.45, 2.75) is 6.92 Å². The van der Waals surface area contributed by atoms with E-state index in [1.54, 1.807) is 25.1 Å². The van der Waals surface area contributed by atoms with Gasteiger partial charge in [0.15, 0.2) is 0 Å².